The van der Waals surface area contributed by atoms with Gasteiger partial charge in [-0.05, 0) is 37.6 Å². The van der Waals surface area contributed by atoms with Crippen molar-refractivity contribution in [1.29, 1.82) is 0 Å². The van der Waals surface area contributed by atoms with Gasteiger partial charge >= 0.3 is 5.69 Å². The van der Waals surface area contributed by atoms with E-state index in [0.717, 1.165) is 19.3 Å². The molecule has 3 aromatic rings. The van der Waals surface area contributed by atoms with Gasteiger partial charge in [0.15, 0.2) is 5.82 Å². The van der Waals surface area contributed by atoms with Gasteiger partial charge in [-0.15, -0.1) is 11.3 Å². The second-order valence-corrected chi connectivity index (χ2v) is 8.88. The predicted octanol–water partition coefficient (Wildman–Crippen LogP) is 2.29. The molecule has 3 N–H and O–H groups in total. The molecule has 2 amide bonds. The highest BCUT2D eigenvalue weighted by molar-refractivity contribution is 7.12. The van der Waals surface area contributed by atoms with Crippen molar-refractivity contribution < 1.29 is 9.59 Å². The fraction of sp³-hybridized carbons (Fsp3) is 0.350. The molecule has 0 radical (unpaired) electrons. The predicted molar refractivity (Wildman–Crippen MR) is 120 cm³/mol. The fourth-order valence-electron chi connectivity index (χ4n) is 3.73. The van der Waals surface area contributed by atoms with Crippen molar-refractivity contribution in [2.75, 3.05) is 11.9 Å². The molecule has 168 valence electrons. The van der Waals surface area contributed by atoms with E-state index in [1.807, 2.05) is 0 Å². The van der Waals surface area contributed by atoms with Crippen molar-refractivity contribution in [3.05, 3.63) is 65.7 Å². The Balaban J connectivity index is 1.50. The maximum absolute atomic E-state index is 13.0. The smallest absolute Gasteiger partial charge is 0.328 e. The van der Waals surface area contributed by atoms with Gasteiger partial charge in [0.1, 0.15) is 11.4 Å². The molecule has 1 aliphatic heterocycles. The summed E-state index contributed by atoms with van der Waals surface area (Å²) in [6.07, 6.45) is 3.88. The number of anilines is 1. The molecule has 0 spiro atoms. The lowest BCUT2D eigenvalue weighted by atomic mass is 9.99. The zero-order chi connectivity index (χ0) is 22.8. The summed E-state index contributed by atoms with van der Waals surface area (Å²) in [5.41, 5.74) is -0.0466. The average molecular weight is 477 g/mol. The van der Waals surface area contributed by atoms with Gasteiger partial charge in [0.2, 0.25) is 5.91 Å². The Bertz CT molecular complexity index is 1280. The Morgan fingerprint density at radius 2 is 2.16 bits per heavy atom. The van der Waals surface area contributed by atoms with Crippen LogP contribution in [-0.2, 0) is 11.3 Å². The molecule has 1 fully saturated rings. The summed E-state index contributed by atoms with van der Waals surface area (Å²) in [5.74, 6) is -0.263. The van der Waals surface area contributed by atoms with Gasteiger partial charge in [-0.1, -0.05) is 11.6 Å². The molecule has 1 unspecified atom stereocenters. The lowest BCUT2D eigenvalue weighted by Crippen LogP contribution is -2.42. The van der Waals surface area contributed by atoms with Gasteiger partial charge in [0.05, 0.1) is 16.8 Å². The number of hydrogen-bond acceptors (Lipinski definition) is 6. The molecule has 0 saturated carbocycles. The molecule has 1 saturated heterocycles. The Hall–Kier alpha value is -3.18. The number of likely N-dealkylation sites (tertiary alicyclic amines) is 1. The van der Waals surface area contributed by atoms with Crippen LogP contribution < -0.4 is 16.6 Å². The van der Waals surface area contributed by atoms with E-state index in [4.69, 9.17) is 11.6 Å². The third-order valence-electron chi connectivity index (χ3n) is 5.34. The van der Waals surface area contributed by atoms with E-state index in [9.17, 15) is 19.2 Å². The number of carbonyl (C=O) groups excluding carboxylic acids is 2. The highest BCUT2D eigenvalue weighted by atomic mass is 35.5. The van der Waals surface area contributed by atoms with Crippen LogP contribution in [0.3, 0.4) is 0 Å². The SMILES string of the molecule is Cc1cn(CC(=O)N2CCCCC2c2cc(NC(=O)c3sccc3Cl)n[nH]2)c(=O)[nH]c1=O. The topological polar surface area (TPSA) is 133 Å². The van der Waals surface area contributed by atoms with Crippen molar-refractivity contribution in [2.45, 2.75) is 38.8 Å². The number of nitrogens with one attached hydrogen (secondary N) is 3. The summed E-state index contributed by atoms with van der Waals surface area (Å²) in [7, 11) is 0. The van der Waals surface area contributed by atoms with Crippen molar-refractivity contribution in [3.8, 4) is 0 Å². The molecule has 4 heterocycles. The maximum Gasteiger partial charge on any atom is 0.328 e. The van der Waals surface area contributed by atoms with Crippen molar-refractivity contribution >= 4 is 40.6 Å². The first kappa shape index (κ1) is 22.0. The first-order valence-corrected chi connectivity index (χ1v) is 11.3. The van der Waals surface area contributed by atoms with Gasteiger partial charge in [-0.25, -0.2) is 4.79 Å². The number of aromatic amines is 2. The molecule has 4 rings (SSSR count). The Labute approximate surface area is 191 Å². The van der Waals surface area contributed by atoms with Crippen molar-refractivity contribution in [3.63, 3.8) is 0 Å². The molecule has 0 bridgehead atoms. The minimum absolute atomic E-state index is 0.179. The van der Waals surface area contributed by atoms with E-state index in [0.29, 0.717) is 33.5 Å². The van der Waals surface area contributed by atoms with Gasteiger partial charge in [0.25, 0.3) is 11.5 Å². The normalized spacial score (nSPS) is 16.2. The second-order valence-electron chi connectivity index (χ2n) is 7.56. The number of thiophene rings is 1. The van der Waals surface area contributed by atoms with E-state index in [-0.39, 0.29) is 24.4 Å². The Morgan fingerprint density at radius 3 is 2.91 bits per heavy atom. The Morgan fingerprint density at radius 1 is 1.34 bits per heavy atom. The molecule has 0 aromatic carbocycles. The zero-order valence-electron chi connectivity index (χ0n) is 17.2. The first-order chi connectivity index (χ1) is 15.3. The summed E-state index contributed by atoms with van der Waals surface area (Å²) < 4.78 is 1.20. The molecular weight excluding hydrogens is 456 g/mol. The fourth-order valence-corrected chi connectivity index (χ4v) is 4.76. The molecule has 32 heavy (non-hydrogen) atoms. The number of halogens is 1. The van der Waals surface area contributed by atoms with E-state index < -0.39 is 11.2 Å². The van der Waals surface area contributed by atoms with Crippen LogP contribution in [0.25, 0.3) is 0 Å². The van der Waals surface area contributed by atoms with Gasteiger partial charge in [0, 0.05) is 24.4 Å². The lowest BCUT2D eigenvalue weighted by molar-refractivity contribution is -0.135. The van der Waals surface area contributed by atoms with E-state index in [2.05, 4.69) is 20.5 Å². The standard InChI is InChI=1S/C20H21ClN6O4S/c1-11-9-26(20(31)23-18(11)29)10-16(28)27-6-3-2-4-14(27)13-8-15(25-24-13)22-19(30)17-12(21)5-7-32-17/h5,7-9,14H,2-4,6,10H2,1H3,(H,23,29,31)(H2,22,24,25,30). The van der Waals surface area contributed by atoms with Gasteiger partial charge in [-0.2, -0.15) is 5.10 Å². The molecule has 10 nitrogen and oxygen atoms in total. The number of hydrogen-bond donors (Lipinski definition) is 3. The van der Waals surface area contributed by atoms with Crippen LogP contribution in [0, 0.1) is 6.92 Å². The number of carbonyl (C=O) groups is 2. The van der Waals surface area contributed by atoms with Crippen LogP contribution in [0.5, 0.6) is 0 Å². The number of rotatable bonds is 5. The first-order valence-electron chi connectivity index (χ1n) is 10.0. The number of nitrogens with zero attached hydrogens (tertiary/aromatic N) is 3. The van der Waals surface area contributed by atoms with Crippen molar-refractivity contribution in [1.82, 2.24) is 24.6 Å². The molecular formula is C20H21ClN6O4S. The third-order valence-corrected chi connectivity index (χ3v) is 6.68. The van der Waals surface area contributed by atoms with E-state index in [1.165, 1.54) is 22.1 Å². The minimum Gasteiger partial charge on any atom is -0.333 e. The number of aromatic nitrogens is 4. The summed E-state index contributed by atoms with van der Waals surface area (Å²) in [6.45, 7) is 1.93. The van der Waals surface area contributed by atoms with E-state index in [1.54, 1.807) is 29.3 Å². The second kappa shape index (κ2) is 9.13. The summed E-state index contributed by atoms with van der Waals surface area (Å²) in [4.78, 5) is 53.4. The number of aryl methyl sites for hydroxylation is 1. The lowest BCUT2D eigenvalue weighted by Gasteiger charge is -2.35. The van der Waals surface area contributed by atoms with Gasteiger partial charge < -0.3 is 10.2 Å². The van der Waals surface area contributed by atoms with Crippen LogP contribution >= 0.6 is 22.9 Å². The number of H-pyrrole nitrogens is 2. The van der Waals surface area contributed by atoms with Crippen LogP contribution in [0.2, 0.25) is 5.02 Å². The zero-order valence-corrected chi connectivity index (χ0v) is 18.8. The highest BCUT2D eigenvalue weighted by Crippen LogP contribution is 2.31. The summed E-state index contributed by atoms with van der Waals surface area (Å²) in [6, 6.07) is 3.09. The molecule has 1 aliphatic rings. The third kappa shape index (κ3) is 4.53. The minimum atomic E-state index is -0.624. The molecule has 3 aromatic heterocycles. The van der Waals surface area contributed by atoms with Crippen LogP contribution in [0.4, 0.5) is 5.82 Å². The Kier molecular flexibility index (Phi) is 6.28. The highest BCUT2D eigenvalue weighted by Gasteiger charge is 2.30. The van der Waals surface area contributed by atoms with Gasteiger partial charge in [-0.3, -0.25) is 29.0 Å². The largest absolute Gasteiger partial charge is 0.333 e. The van der Waals surface area contributed by atoms with Crippen LogP contribution in [0.15, 0.2) is 33.3 Å². The quantitative estimate of drug-likeness (QED) is 0.519. The maximum atomic E-state index is 13.0. The average Bonchev–Trinajstić information content (AvgIpc) is 3.41. The number of piperidine rings is 1. The molecule has 1 atom stereocenters. The monoisotopic (exact) mass is 476 g/mol. The van der Waals surface area contributed by atoms with Crippen LogP contribution in [0.1, 0.15) is 46.2 Å². The van der Waals surface area contributed by atoms with Crippen molar-refractivity contribution in [2.24, 2.45) is 0 Å². The molecule has 12 heteroatoms. The number of amides is 2. The van der Waals surface area contributed by atoms with E-state index >= 15 is 0 Å². The molecule has 0 aliphatic carbocycles. The van der Waals surface area contributed by atoms with Crippen LogP contribution in [-0.4, -0.2) is 43.0 Å². The summed E-state index contributed by atoms with van der Waals surface area (Å²) >= 11 is 7.25. The summed E-state index contributed by atoms with van der Waals surface area (Å²) in [5, 5.41) is 11.9.